The quantitative estimate of drug-likeness (QED) is 0.684. The predicted molar refractivity (Wildman–Crippen MR) is 117 cm³/mol. The van der Waals surface area contributed by atoms with Gasteiger partial charge in [0.25, 0.3) is 5.91 Å². The molecule has 2 aromatic rings. The van der Waals surface area contributed by atoms with Crippen molar-refractivity contribution in [2.75, 3.05) is 16.8 Å². The normalized spacial score (nSPS) is 15.6. The third kappa shape index (κ3) is 4.70. The van der Waals surface area contributed by atoms with Gasteiger partial charge in [-0.05, 0) is 49.4 Å². The standard InChI is InChI=1S/C24H28N2O4/c1-4-16(2)18-10-5-7-12-20(18)25-23(28)17(3)30-24(29)19-11-6-8-13-21(19)26-15-9-14-22(26)27/h5-8,10-13,16-17H,4,9,14-15H2,1-3H3,(H,25,28)/t16-,17+/m0/s1. The average Bonchev–Trinajstić information content (AvgIpc) is 3.19. The largest absolute Gasteiger partial charge is 0.449 e. The van der Waals surface area contributed by atoms with Crippen LogP contribution in [-0.2, 0) is 14.3 Å². The van der Waals surface area contributed by atoms with Gasteiger partial charge in [0.05, 0.1) is 11.3 Å². The van der Waals surface area contributed by atoms with E-state index in [-0.39, 0.29) is 11.5 Å². The lowest BCUT2D eigenvalue weighted by molar-refractivity contribution is -0.123. The molecule has 0 aromatic heterocycles. The second-order valence-corrected chi connectivity index (χ2v) is 7.60. The Balaban J connectivity index is 1.71. The highest BCUT2D eigenvalue weighted by atomic mass is 16.5. The van der Waals surface area contributed by atoms with Gasteiger partial charge in [-0.25, -0.2) is 4.79 Å². The maximum Gasteiger partial charge on any atom is 0.341 e. The van der Waals surface area contributed by atoms with Gasteiger partial charge in [-0.3, -0.25) is 9.59 Å². The molecule has 0 unspecified atom stereocenters. The Bertz CT molecular complexity index is 940. The summed E-state index contributed by atoms with van der Waals surface area (Å²) in [5, 5.41) is 2.88. The van der Waals surface area contributed by atoms with Crippen LogP contribution in [0.15, 0.2) is 48.5 Å². The van der Waals surface area contributed by atoms with Crippen LogP contribution in [0.2, 0.25) is 0 Å². The van der Waals surface area contributed by atoms with Gasteiger partial charge in [-0.1, -0.05) is 44.2 Å². The summed E-state index contributed by atoms with van der Waals surface area (Å²) in [6.45, 7) is 6.32. The first kappa shape index (κ1) is 21.6. The molecule has 2 atom stereocenters. The molecule has 6 nitrogen and oxygen atoms in total. The Morgan fingerprint density at radius 3 is 2.50 bits per heavy atom. The topological polar surface area (TPSA) is 75.7 Å². The zero-order chi connectivity index (χ0) is 21.7. The highest BCUT2D eigenvalue weighted by Gasteiger charge is 2.28. The van der Waals surface area contributed by atoms with E-state index in [9.17, 15) is 14.4 Å². The molecule has 1 heterocycles. The number of rotatable bonds is 7. The van der Waals surface area contributed by atoms with Gasteiger partial charge >= 0.3 is 5.97 Å². The zero-order valence-electron chi connectivity index (χ0n) is 17.7. The Morgan fingerprint density at radius 1 is 1.10 bits per heavy atom. The lowest BCUT2D eigenvalue weighted by Crippen LogP contribution is -2.31. The van der Waals surface area contributed by atoms with Crippen molar-refractivity contribution >= 4 is 29.2 Å². The molecule has 2 amide bonds. The van der Waals surface area contributed by atoms with Crippen LogP contribution in [0, 0.1) is 0 Å². The predicted octanol–water partition coefficient (Wildman–Crippen LogP) is 4.51. The smallest absolute Gasteiger partial charge is 0.341 e. The van der Waals surface area contributed by atoms with E-state index in [2.05, 4.69) is 19.2 Å². The molecule has 0 radical (unpaired) electrons. The molecule has 1 aliphatic rings. The van der Waals surface area contributed by atoms with E-state index >= 15 is 0 Å². The minimum atomic E-state index is -0.982. The van der Waals surface area contributed by atoms with Crippen molar-refractivity contribution in [3.05, 3.63) is 59.7 Å². The highest BCUT2D eigenvalue weighted by molar-refractivity contribution is 6.04. The van der Waals surface area contributed by atoms with Crippen molar-refractivity contribution < 1.29 is 19.1 Å². The number of hydrogen-bond donors (Lipinski definition) is 1. The zero-order valence-corrected chi connectivity index (χ0v) is 17.7. The molecule has 2 aromatic carbocycles. The van der Waals surface area contributed by atoms with Crippen LogP contribution in [0.4, 0.5) is 11.4 Å². The molecular formula is C24H28N2O4. The van der Waals surface area contributed by atoms with E-state index in [0.29, 0.717) is 24.6 Å². The van der Waals surface area contributed by atoms with Crippen LogP contribution in [-0.4, -0.2) is 30.4 Å². The van der Waals surface area contributed by atoms with E-state index < -0.39 is 18.0 Å². The summed E-state index contributed by atoms with van der Waals surface area (Å²) in [6.07, 6.45) is 1.20. The third-order valence-electron chi connectivity index (χ3n) is 5.50. The summed E-state index contributed by atoms with van der Waals surface area (Å²) in [4.78, 5) is 39.2. The molecule has 0 saturated carbocycles. The molecule has 30 heavy (non-hydrogen) atoms. The maximum absolute atomic E-state index is 12.8. The number of amides is 2. The van der Waals surface area contributed by atoms with Gasteiger partial charge in [-0.2, -0.15) is 0 Å². The summed E-state index contributed by atoms with van der Waals surface area (Å²) in [5.74, 6) is -0.732. The minimum absolute atomic E-state index is 0.0114. The van der Waals surface area contributed by atoms with Crippen LogP contribution >= 0.6 is 0 Å². The second-order valence-electron chi connectivity index (χ2n) is 7.60. The summed E-state index contributed by atoms with van der Waals surface area (Å²) in [6, 6.07) is 14.5. The fraction of sp³-hybridized carbons (Fsp3) is 0.375. The monoisotopic (exact) mass is 408 g/mol. The van der Waals surface area contributed by atoms with Crippen LogP contribution < -0.4 is 10.2 Å². The number of nitrogens with zero attached hydrogens (tertiary/aromatic N) is 1. The van der Waals surface area contributed by atoms with Crippen molar-refractivity contribution in [2.45, 2.75) is 52.1 Å². The first-order chi connectivity index (χ1) is 14.4. The van der Waals surface area contributed by atoms with E-state index in [4.69, 9.17) is 4.74 Å². The molecule has 158 valence electrons. The van der Waals surface area contributed by atoms with Crippen LogP contribution in [0.25, 0.3) is 0 Å². The lowest BCUT2D eigenvalue weighted by Gasteiger charge is -2.21. The second kappa shape index (κ2) is 9.57. The average molecular weight is 408 g/mol. The number of para-hydroxylation sites is 2. The van der Waals surface area contributed by atoms with E-state index in [1.165, 1.54) is 0 Å². The maximum atomic E-state index is 12.8. The third-order valence-corrected chi connectivity index (χ3v) is 5.50. The van der Waals surface area contributed by atoms with E-state index in [0.717, 1.165) is 24.1 Å². The van der Waals surface area contributed by atoms with Crippen LogP contribution in [0.3, 0.4) is 0 Å². The molecule has 0 bridgehead atoms. The fourth-order valence-electron chi connectivity index (χ4n) is 3.56. The molecule has 0 spiro atoms. The number of ether oxygens (including phenoxy) is 1. The van der Waals surface area contributed by atoms with Gasteiger partial charge in [0.1, 0.15) is 0 Å². The summed E-state index contributed by atoms with van der Waals surface area (Å²) in [5.41, 5.74) is 2.58. The van der Waals surface area contributed by atoms with E-state index in [1.807, 2.05) is 24.3 Å². The Hall–Kier alpha value is -3.15. The Kier molecular flexibility index (Phi) is 6.87. The van der Waals surface area contributed by atoms with Crippen molar-refractivity contribution in [3.8, 4) is 0 Å². The van der Waals surface area contributed by atoms with Crippen LogP contribution in [0.1, 0.15) is 61.9 Å². The number of hydrogen-bond acceptors (Lipinski definition) is 4. The number of anilines is 2. The molecule has 1 fully saturated rings. The number of carbonyl (C=O) groups excluding carboxylic acids is 3. The number of esters is 1. The SMILES string of the molecule is CC[C@H](C)c1ccccc1NC(=O)[C@@H](C)OC(=O)c1ccccc1N1CCCC1=O. The highest BCUT2D eigenvalue weighted by Crippen LogP contribution is 2.28. The molecule has 1 saturated heterocycles. The van der Waals surface area contributed by atoms with Gasteiger partial charge in [0.15, 0.2) is 6.10 Å². The first-order valence-electron chi connectivity index (χ1n) is 10.4. The number of benzene rings is 2. The molecule has 0 aliphatic carbocycles. The van der Waals surface area contributed by atoms with Crippen molar-refractivity contribution in [1.29, 1.82) is 0 Å². The molecule has 3 rings (SSSR count). The fourth-order valence-corrected chi connectivity index (χ4v) is 3.56. The van der Waals surface area contributed by atoms with Crippen molar-refractivity contribution in [1.82, 2.24) is 0 Å². The van der Waals surface area contributed by atoms with Crippen LogP contribution in [0.5, 0.6) is 0 Å². The molecule has 1 aliphatic heterocycles. The Labute approximate surface area is 177 Å². The van der Waals surface area contributed by atoms with Gasteiger partial charge in [0.2, 0.25) is 5.91 Å². The van der Waals surface area contributed by atoms with Crippen molar-refractivity contribution in [3.63, 3.8) is 0 Å². The number of nitrogens with one attached hydrogen (secondary N) is 1. The molecule has 1 N–H and O–H groups in total. The molecular weight excluding hydrogens is 380 g/mol. The summed E-state index contributed by atoms with van der Waals surface area (Å²) < 4.78 is 5.44. The lowest BCUT2D eigenvalue weighted by atomic mass is 9.97. The van der Waals surface area contributed by atoms with Gasteiger partial charge < -0.3 is 15.0 Å². The number of carbonyl (C=O) groups is 3. The van der Waals surface area contributed by atoms with Gasteiger partial charge in [0, 0.05) is 18.7 Å². The Morgan fingerprint density at radius 2 is 1.80 bits per heavy atom. The summed E-state index contributed by atoms with van der Waals surface area (Å²) >= 11 is 0. The first-order valence-corrected chi connectivity index (χ1v) is 10.4. The van der Waals surface area contributed by atoms with Gasteiger partial charge in [-0.15, -0.1) is 0 Å². The molecule has 6 heteroatoms. The minimum Gasteiger partial charge on any atom is -0.449 e. The van der Waals surface area contributed by atoms with Crippen molar-refractivity contribution in [2.24, 2.45) is 0 Å². The van der Waals surface area contributed by atoms with E-state index in [1.54, 1.807) is 36.1 Å². The summed E-state index contributed by atoms with van der Waals surface area (Å²) in [7, 11) is 0.